The SMILES string of the molecule is CCCS(=O)(=O)CN1CCC(c2ccc(C(C)C)cc2Cl)CC1. The Kier molecular flexibility index (Phi) is 6.52. The van der Waals surface area contributed by atoms with E-state index >= 15 is 0 Å². The third-order valence-electron chi connectivity index (χ3n) is 4.61. The second-order valence-corrected chi connectivity index (χ2v) is 9.47. The average Bonchev–Trinajstić information content (AvgIpc) is 2.47. The maximum atomic E-state index is 11.9. The number of hydrogen-bond acceptors (Lipinski definition) is 3. The molecular weight excluding hydrogens is 330 g/mol. The van der Waals surface area contributed by atoms with Gasteiger partial charge in [0.15, 0.2) is 9.84 Å². The van der Waals surface area contributed by atoms with Crippen molar-refractivity contribution in [1.29, 1.82) is 0 Å². The van der Waals surface area contributed by atoms with Gasteiger partial charge in [-0.15, -0.1) is 0 Å². The summed E-state index contributed by atoms with van der Waals surface area (Å²) in [6, 6.07) is 6.41. The Hall–Kier alpha value is -0.580. The van der Waals surface area contributed by atoms with Crippen molar-refractivity contribution >= 4 is 21.4 Å². The van der Waals surface area contributed by atoms with Crippen molar-refractivity contribution in [1.82, 2.24) is 4.90 Å². The molecule has 1 saturated heterocycles. The average molecular weight is 358 g/mol. The highest BCUT2D eigenvalue weighted by molar-refractivity contribution is 7.91. The number of nitrogens with zero attached hydrogens (tertiary/aromatic N) is 1. The molecular formula is C18H28ClNO2S. The molecule has 1 fully saturated rings. The fraction of sp³-hybridized carbons (Fsp3) is 0.667. The fourth-order valence-corrected chi connectivity index (χ4v) is 5.17. The topological polar surface area (TPSA) is 37.4 Å². The van der Waals surface area contributed by atoms with E-state index in [1.54, 1.807) is 0 Å². The minimum absolute atomic E-state index is 0.202. The number of halogens is 1. The third kappa shape index (κ3) is 5.20. The van der Waals surface area contributed by atoms with Gasteiger partial charge in [0.25, 0.3) is 0 Å². The first-order valence-electron chi connectivity index (χ1n) is 8.54. The van der Waals surface area contributed by atoms with Crippen LogP contribution in [-0.4, -0.2) is 38.0 Å². The number of likely N-dealkylation sites (tertiary alicyclic amines) is 1. The number of sulfone groups is 1. The van der Waals surface area contributed by atoms with Gasteiger partial charge in [-0.1, -0.05) is 44.5 Å². The molecule has 0 bridgehead atoms. The quantitative estimate of drug-likeness (QED) is 0.756. The molecule has 0 spiro atoms. The van der Waals surface area contributed by atoms with Crippen LogP contribution in [0, 0.1) is 0 Å². The van der Waals surface area contributed by atoms with E-state index in [-0.39, 0.29) is 11.6 Å². The van der Waals surface area contributed by atoms with E-state index in [1.807, 2.05) is 6.92 Å². The minimum atomic E-state index is -2.94. The summed E-state index contributed by atoms with van der Waals surface area (Å²) in [5.74, 6) is 1.41. The first-order chi connectivity index (χ1) is 10.8. The molecule has 0 N–H and O–H groups in total. The number of rotatable bonds is 6. The standard InChI is InChI=1S/C18H28ClNO2S/c1-4-11-23(21,22)13-20-9-7-15(8-10-20)17-6-5-16(14(2)3)12-18(17)19/h5-6,12,14-15H,4,7-11,13H2,1-3H3. The van der Waals surface area contributed by atoms with Gasteiger partial charge in [-0.3, -0.25) is 4.90 Å². The molecule has 0 aromatic heterocycles. The second-order valence-electron chi connectivity index (χ2n) is 6.90. The van der Waals surface area contributed by atoms with E-state index in [0.29, 0.717) is 18.3 Å². The predicted octanol–water partition coefficient (Wildman–Crippen LogP) is 4.43. The number of benzene rings is 1. The van der Waals surface area contributed by atoms with E-state index in [0.717, 1.165) is 31.0 Å². The van der Waals surface area contributed by atoms with Gasteiger partial charge in [0.05, 0.1) is 5.75 Å². The summed E-state index contributed by atoms with van der Waals surface area (Å²) in [5.41, 5.74) is 2.48. The lowest BCUT2D eigenvalue weighted by atomic mass is 9.88. The highest BCUT2D eigenvalue weighted by atomic mass is 35.5. The Balaban J connectivity index is 1.97. The van der Waals surface area contributed by atoms with E-state index in [2.05, 4.69) is 36.9 Å². The Morgan fingerprint density at radius 3 is 2.43 bits per heavy atom. The van der Waals surface area contributed by atoms with E-state index in [4.69, 9.17) is 11.6 Å². The normalized spacial score (nSPS) is 17.8. The van der Waals surface area contributed by atoms with Crippen LogP contribution in [0.3, 0.4) is 0 Å². The largest absolute Gasteiger partial charge is 0.290 e. The number of piperidine rings is 1. The lowest BCUT2D eigenvalue weighted by Gasteiger charge is -2.32. The van der Waals surface area contributed by atoms with E-state index in [1.165, 1.54) is 11.1 Å². The Morgan fingerprint density at radius 1 is 1.26 bits per heavy atom. The molecule has 0 unspecified atom stereocenters. The lowest BCUT2D eigenvalue weighted by molar-refractivity contribution is 0.241. The molecule has 0 radical (unpaired) electrons. The molecule has 1 heterocycles. The maximum absolute atomic E-state index is 11.9. The Labute approximate surface area is 145 Å². The molecule has 0 aliphatic carbocycles. The first-order valence-corrected chi connectivity index (χ1v) is 10.7. The third-order valence-corrected chi connectivity index (χ3v) is 6.73. The van der Waals surface area contributed by atoms with E-state index < -0.39 is 9.84 Å². The molecule has 0 atom stereocenters. The summed E-state index contributed by atoms with van der Waals surface area (Å²) in [7, 11) is -2.94. The van der Waals surface area contributed by atoms with Crippen molar-refractivity contribution in [2.45, 2.75) is 51.9 Å². The van der Waals surface area contributed by atoms with Crippen molar-refractivity contribution in [3.63, 3.8) is 0 Å². The molecule has 0 amide bonds. The summed E-state index contributed by atoms with van der Waals surface area (Å²) >= 11 is 6.48. The second kappa shape index (κ2) is 8.00. The zero-order valence-corrected chi connectivity index (χ0v) is 16.0. The van der Waals surface area contributed by atoms with Crippen molar-refractivity contribution in [2.75, 3.05) is 24.7 Å². The zero-order valence-electron chi connectivity index (χ0n) is 14.4. The van der Waals surface area contributed by atoms with Gasteiger partial charge in [-0.05, 0) is 61.4 Å². The molecule has 0 saturated carbocycles. The molecule has 1 aromatic carbocycles. The van der Waals surface area contributed by atoms with Crippen LogP contribution >= 0.6 is 11.6 Å². The monoisotopic (exact) mass is 357 g/mol. The van der Waals surface area contributed by atoms with Crippen LogP contribution in [0.5, 0.6) is 0 Å². The van der Waals surface area contributed by atoms with Crippen LogP contribution in [0.15, 0.2) is 18.2 Å². The minimum Gasteiger partial charge on any atom is -0.290 e. The van der Waals surface area contributed by atoms with E-state index in [9.17, 15) is 8.42 Å². The maximum Gasteiger partial charge on any atom is 0.163 e. The van der Waals surface area contributed by atoms with Crippen LogP contribution in [0.2, 0.25) is 5.02 Å². The van der Waals surface area contributed by atoms with Crippen molar-refractivity contribution in [3.8, 4) is 0 Å². The lowest BCUT2D eigenvalue weighted by Crippen LogP contribution is -2.37. The van der Waals surface area contributed by atoms with Gasteiger partial charge in [-0.25, -0.2) is 8.42 Å². The summed E-state index contributed by atoms with van der Waals surface area (Å²) in [5, 5.41) is 0.855. The molecule has 130 valence electrons. The Morgan fingerprint density at radius 2 is 1.91 bits per heavy atom. The summed E-state index contributed by atoms with van der Waals surface area (Å²) in [6.07, 6.45) is 2.64. The zero-order chi connectivity index (χ0) is 17.0. The van der Waals surface area contributed by atoms with Crippen LogP contribution in [-0.2, 0) is 9.84 Å². The van der Waals surface area contributed by atoms with Crippen LogP contribution < -0.4 is 0 Å². The summed E-state index contributed by atoms with van der Waals surface area (Å²) < 4.78 is 23.9. The number of hydrogen-bond donors (Lipinski definition) is 0. The van der Waals surface area contributed by atoms with Gasteiger partial charge >= 0.3 is 0 Å². The summed E-state index contributed by atoms with van der Waals surface area (Å²) in [4.78, 5) is 2.07. The highest BCUT2D eigenvalue weighted by Gasteiger charge is 2.25. The van der Waals surface area contributed by atoms with Gasteiger partial charge in [0.1, 0.15) is 5.88 Å². The first kappa shape index (κ1) is 18.8. The van der Waals surface area contributed by atoms with Gasteiger partial charge in [0, 0.05) is 5.02 Å². The molecule has 23 heavy (non-hydrogen) atoms. The molecule has 1 aliphatic rings. The van der Waals surface area contributed by atoms with Gasteiger partial charge in [0.2, 0.25) is 0 Å². The van der Waals surface area contributed by atoms with Gasteiger partial charge < -0.3 is 0 Å². The van der Waals surface area contributed by atoms with Crippen LogP contribution in [0.4, 0.5) is 0 Å². The Bertz CT molecular complexity index is 620. The molecule has 1 aliphatic heterocycles. The van der Waals surface area contributed by atoms with Crippen LogP contribution in [0.1, 0.15) is 63.0 Å². The predicted molar refractivity (Wildman–Crippen MR) is 98.0 cm³/mol. The summed E-state index contributed by atoms with van der Waals surface area (Å²) in [6.45, 7) is 7.90. The molecule has 5 heteroatoms. The molecule has 2 rings (SSSR count). The smallest absolute Gasteiger partial charge is 0.163 e. The molecule has 1 aromatic rings. The van der Waals surface area contributed by atoms with Crippen molar-refractivity contribution in [3.05, 3.63) is 34.3 Å². The van der Waals surface area contributed by atoms with Crippen LogP contribution in [0.25, 0.3) is 0 Å². The van der Waals surface area contributed by atoms with Crippen molar-refractivity contribution in [2.24, 2.45) is 0 Å². The molecule has 3 nitrogen and oxygen atoms in total. The highest BCUT2D eigenvalue weighted by Crippen LogP contribution is 2.34. The van der Waals surface area contributed by atoms with Crippen molar-refractivity contribution < 1.29 is 8.42 Å². The van der Waals surface area contributed by atoms with Gasteiger partial charge in [-0.2, -0.15) is 0 Å². The fourth-order valence-electron chi connectivity index (χ4n) is 3.26.